The molecule has 0 radical (unpaired) electrons. The Hall–Kier alpha value is -1.76. The Bertz CT molecular complexity index is 501. The first-order chi connectivity index (χ1) is 7.70. The summed E-state index contributed by atoms with van der Waals surface area (Å²) in [6.45, 7) is 4.30. The molecular weight excluding hydrogens is 194 g/mol. The van der Waals surface area contributed by atoms with Crippen molar-refractivity contribution in [1.82, 2.24) is 0 Å². The van der Waals surface area contributed by atoms with Crippen molar-refractivity contribution < 1.29 is 0 Å². The maximum Gasteiger partial charge on any atom is 0.0343 e. The zero-order valence-corrected chi connectivity index (χ0v) is 10.0. The number of hydrogen-bond donors (Lipinski definition) is 1. The molecular formula is C15H17N. The zero-order chi connectivity index (χ0) is 11.5. The van der Waals surface area contributed by atoms with Gasteiger partial charge in [0.15, 0.2) is 0 Å². The van der Waals surface area contributed by atoms with Gasteiger partial charge >= 0.3 is 0 Å². The highest BCUT2D eigenvalue weighted by molar-refractivity contribution is 5.69. The van der Waals surface area contributed by atoms with Gasteiger partial charge in [-0.15, -0.1) is 0 Å². The summed E-state index contributed by atoms with van der Waals surface area (Å²) in [5.74, 6) is 0. The first-order valence-corrected chi connectivity index (χ1v) is 5.56. The van der Waals surface area contributed by atoms with Crippen LogP contribution < -0.4 is 5.32 Å². The van der Waals surface area contributed by atoms with Crippen molar-refractivity contribution in [3.8, 4) is 11.1 Å². The van der Waals surface area contributed by atoms with Crippen LogP contribution in [-0.2, 0) is 0 Å². The topological polar surface area (TPSA) is 12.0 Å². The van der Waals surface area contributed by atoms with Crippen LogP contribution in [0.5, 0.6) is 0 Å². The van der Waals surface area contributed by atoms with E-state index in [1.807, 2.05) is 7.05 Å². The van der Waals surface area contributed by atoms with Crippen molar-refractivity contribution in [2.24, 2.45) is 0 Å². The monoisotopic (exact) mass is 211 g/mol. The second-order valence-electron chi connectivity index (χ2n) is 4.13. The van der Waals surface area contributed by atoms with E-state index < -0.39 is 0 Å². The first kappa shape index (κ1) is 10.7. The SMILES string of the molecule is CNc1cccc(-c2ccc(C)c(C)c2)c1. The predicted octanol–water partition coefficient (Wildman–Crippen LogP) is 4.01. The molecule has 0 aliphatic rings. The van der Waals surface area contributed by atoms with Gasteiger partial charge in [-0.25, -0.2) is 0 Å². The number of hydrogen-bond acceptors (Lipinski definition) is 1. The number of anilines is 1. The lowest BCUT2D eigenvalue weighted by atomic mass is 10.0. The lowest BCUT2D eigenvalue weighted by molar-refractivity contribution is 1.34. The van der Waals surface area contributed by atoms with Crippen LogP contribution in [-0.4, -0.2) is 7.05 Å². The van der Waals surface area contributed by atoms with E-state index in [9.17, 15) is 0 Å². The minimum Gasteiger partial charge on any atom is -0.388 e. The molecule has 0 bridgehead atoms. The average Bonchev–Trinajstić information content (AvgIpc) is 2.33. The standard InChI is InChI=1S/C15H17N/c1-11-7-8-14(9-12(11)2)13-5-4-6-15(10-13)16-3/h4-10,16H,1-3H3. The molecule has 16 heavy (non-hydrogen) atoms. The van der Waals surface area contributed by atoms with E-state index in [2.05, 4.69) is 61.6 Å². The van der Waals surface area contributed by atoms with Crippen molar-refractivity contribution in [1.29, 1.82) is 0 Å². The van der Waals surface area contributed by atoms with Gasteiger partial charge in [0.1, 0.15) is 0 Å². The Labute approximate surface area is 97.1 Å². The molecule has 0 spiro atoms. The second-order valence-corrected chi connectivity index (χ2v) is 4.13. The highest BCUT2D eigenvalue weighted by Gasteiger charge is 2.00. The van der Waals surface area contributed by atoms with Crippen LogP contribution in [0.4, 0.5) is 5.69 Å². The van der Waals surface area contributed by atoms with Crippen LogP contribution in [0.1, 0.15) is 11.1 Å². The third-order valence-electron chi connectivity index (χ3n) is 2.99. The van der Waals surface area contributed by atoms with Crippen LogP contribution in [0.15, 0.2) is 42.5 Å². The molecule has 0 heterocycles. The molecule has 0 saturated carbocycles. The normalized spacial score (nSPS) is 10.2. The van der Waals surface area contributed by atoms with Crippen LogP contribution in [0.3, 0.4) is 0 Å². The van der Waals surface area contributed by atoms with E-state index in [0.717, 1.165) is 5.69 Å². The average molecular weight is 211 g/mol. The summed E-state index contributed by atoms with van der Waals surface area (Å²) in [6.07, 6.45) is 0. The van der Waals surface area contributed by atoms with Gasteiger partial charge in [0.25, 0.3) is 0 Å². The molecule has 0 aliphatic carbocycles. The summed E-state index contributed by atoms with van der Waals surface area (Å²) in [5.41, 5.74) is 6.37. The molecule has 0 aliphatic heterocycles. The minimum absolute atomic E-state index is 1.15. The van der Waals surface area contributed by atoms with Crippen LogP contribution >= 0.6 is 0 Å². The Balaban J connectivity index is 2.46. The smallest absolute Gasteiger partial charge is 0.0343 e. The lowest BCUT2D eigenvalue weighted by Gasteiger charge is -2.07. The van der Waals surface area contributed by atoms with Gasteiger partial charge < -0.3 is 5.32 Å². The molecule has 0 amide bonds. The summed E-state index contributed by atoms with van der Waals surface area (Å²) in [4.78, 5) is 0. The molecule has 0 saturated heterocycles. The fourth-order valence-electron chi connectivity index (χ4n) is 1.78. The molecule has 2 aromatic carbocycles. The van der Waals surface area contributed by atoms with Gasteiger partial charge in [0.05, 0.1) is 0 Å². The second kappa shape index (κ2) is 4.40. The third kappa shape index (κ3) is 2.08. The summed E-state index contributed by atoms with van der Waals surface area (Å²) in [7, 11) is 1.94. The van der Waals surface area contributed by atoms with Gasteiger partial charge in [-0.3, -0.25) is 0 Å². The van der Waals surface area contributed by atoms with Crippen LogP contribution in [0.2, 0.25) is 0 Å². The van der Waals surface area contributed by atoms with E-state index in [1.165, 1.54) is 22.3 Å². The molecule has 1 nitrogen and oxygen atoms in total. The highest BCUT2D eigenvalue weighted by Crippen LogP contribution is 2.24. The minimum atomic E-state index is 1.15. The summed E-state index contributed by atoms with van der Waals surface area (Å²) >= 11 is 0. The van der Waals surface area contributed by atoms with Crippen molar-refractivity contribution in [2.75, 3.05) is 12.4 Å². The molecule has 0 unspecified atom stereocenters. The lowest BCUT2D eigenvalue weighted by Crippen LogP contribution is -1.88. The molecule has 1 heteroatoms. The molecule has 1 N–H and O–H groups in total. The number of nitrogens with one attached hydrogen (secondary N) is 1. The maximum absolute atomic E-state index is 3.16. The van der Waals surface area contributed by atoms with E-state index in [0.29, 0.717) is 0 Å². The highest BCUT2D eigenvalue weighted by atomic mass is 14.8. The van der Waals surface area contributed by atoms with Gasteiger partial charge in [0.2, 0.25) is 0 Å². The van der Waals surface area contributed by atoms with Crippen molar-refractivity contribution in [2.45, 2.75) is 13.8 Å². The number of rotatable bonds is 2. The van der Waals surface area contributed by atoms with E-state index >= 15 is 0 Å². The number of benzene rings is 2. The van der Waals surface area contributed by atoms with Crippen molar-refractivity contribution in [3.63, 3.8) is 0 Å². The fourth-order valence-corrected chi connectivity index (χ4v) is 1.78. The van der Waals surface area contributed by atoms with Gasteiger partial charge in [-0.1, -0.05) is 30.3 Å². The summed E-state index contributed by atoms with van der Waals surface area (Å²) < 4.78 is 0. The van der Waals surface area contributed by atoms with Crippen molar-refractivity contribution >= 4 is 5.69 Å². The van der Waals surface area contributed by atoms with E-state index in [4.69, 9.17) is 0 Å². The maximum atomic E-state index is 3.16. The molecule has 0 aromatic heterocycles. The number of aryl methyl sites for hydroxylation is 2. The molecule has 82 valence electrons. The summed E-state index contributed by atoms with van der Waals surface area (Å²) in [6, 6.07) is 15.1. The van der Waals surface area contributed by atoms with Gasteiger partial charge in [-0.05, 0) is 48.2 Å². The molecule has 2 rings (SSSR count). The predicted molar refractivity (Wildman–Crippen MR) is 70.9 cm³/mol. The third-order valence-corrected chi connectivity index (χ3v) is 2.99. The first-order valence-electron chi connectivity index (χ1n) is 5.56. The Morgan fingerprint density at radius 2 is 1.56 bits per heavy atom. The largest absolute Gasteiger partial charge is 0.388 e. The Morgan fingerprint density at radius 3 is 2.25 bits per heavy atom. The van der Waals surface area contributed by atoms with Gasteiger partial charge in [0, 0.05) is 12.7 Å². The Kier molecular flexibility index (Phi) is 2.95. The molecule has 2 aromatic rings. The van der Waals surface area contributed by atoms with E-state index in [-0.39, 0.29) is 0 Å². The fraction of sp³-hybridized carbons (Fsp3) is 0.200. The van der Waals surface area contributed by atoms with Crippen molar-refractivity contribution in [3.05, 3.63) is 53.6 Å². The van der Waals surface area contributed by atoms with Gasteiger partial charge in [-0.2, -0.15) is 0 Å². The van der Waals surface area contributed by atoms with E-state index in [1.54, 1.807) is 0 Å². The van der Waals surface area contributed by atoms with Crippen LogP contribution in [0, 0.1) is 13.8 Å². The van der Waals surface area contributed by atoms with Crippen LogP contribution in [0.25, 0.3) is 11.1 Å². The molecule has 0 atom stereocenters. The Morgan fingerprint density at radius 1 is 0.812 bits per heavy atom. The molecule has 0 fully saturated rings. The zero-order valence-electron chi connectivity index (χ0n) is 10.0. The quantitative estimate of drug-likeness (QED) is 0.791. The summed E-state index contributed by atoms with van der Waals surface area (Å²) in [5, 5.41) is 3.16.